The van der Waals surface area contributed by atoms with E-state index in [9.17, 15) is 14.7 Å². The normalized spacial score (nSPS) is 17.3. The van der Waals surface area contributed by atoms with Gasteiger partial charge in [0.05, 0.1) is 28.4 Å². The number of halogens is 1. The number of rotatable bonds is 3. The molecule has 0 bridgehead atoms. The Morgan fingerprint density at radius 3 is 3.00 bits per heavy atom. The van der Waals surface area contributed by atoms with Gasteiger partial charge in [0.1, 0.15) is 5.75 Å². The number of likely N-dealkylation sites (tertiary alicyclic amines) is 1. The van der Waals surface area contributed by atoms with E-state index in [0.717, 1.165) is 0 Å². The summed E-state index contributed by atoms with van der Waals surface area (Å²) in [4.78, 5) is 26.2. The fourth-order valence-corrected chi connectivity index (χ4v) is 2.77. The summed E-state index contributed by atoms with van der Waals surface area (Å²) in [5.74, 6) is -0.746. The van der Waals surface area contributed by atoms with E-state index in [0.29, 0.717) is 25.2 Å². The molecule has 1 fully saturated rings. The summed E-state index contributed by atoms with van der Waals surface area (Å²) in [5.41, 5.74) is 0.832. The van der Waals surface area contributed by atoms with E-state index in [2.05, 4.69) is 15.5 Å². The number of anilines is 1. The quantitative estimate of drug-likeness (QED) is 0.798. The predicted molar refractivity (Wildman–Crippen MR) is 84.3 cm³/mol. The Labute approximate surface area is 137 Å². The second-order valence-electron chi connectivity index (χ2n) is 5.38. The van der Waals surface area contributed by atoms with Crippen molar-refractivity contribution in [3.63, 3.8) is 0 Å². The molecule has 7 nitrogen and oxygen atoms in total. The first-order chi connectivity index (χ1) is 11.0. The molecule has 2 amide bonds. The van der Waals surface area contributed by atoms with Gasteiger partial charge in [-0.15, -0.1) is 0 Å². The van der Waals surface area contributed by atoms with Crippen LogP contribution in [0.5, 0.6) is 5.75 Å². The van der Waals surface area contributed by atoms with Gasteiger partial charge in [0, 0.05) is 19.3 Å². The number of phenols is 1. The lowest BCUT2D eigenvalue weighted by Crippen LogP contribution is -2.31. The van der Waals surface area contributed by atoms with Crippen LogP contribution in [0.4, 0.5) is 5.69 Å². The molecule has 2 aromatic rings. The minimum Gasteiger partial charge on any atom is -0.508 e. The molecule has 1 aromatic heterocycles. The number of benzene rings is 1. The molecule has 120 valence electrons. The summed E-state index contributed by atoms with van der Waals surface area (Å²) in [6, 6.07) is 4.23. The lowest BCUT2D eigenvalue weighted by Gasteiger charge is -2.17. The van der Waals surface area contributed by atoms with Gasteiger partial charge >= 0.3 is 0 Å². The Hall–Kier alpha value is -2.54. The maximum absolute atomic E-state index is 12.5. The second kappa shape index (κ2) is 6.29. The fraction of sp³-hybridized carbons (Fsp3) is 0.267. The van der Waals surface area contributed by atoms with Gasteiger partial charge in [-0.1, -0.05) is 11.6 Å². The summed E-state index contributed by atoms with van der Waals surface area (Å²) < 4.78 is 0. The number of nitrogens with one attached hydrogen (secondary N) is 2. The first-order valence-electron chi connectivity index (χ1n) is 7.12. The lowest BCUT2D eigenvalue weighted by molar-refractivity contribution is -0.119. The van der Waals surface area contributed by atoms with Gasteiger partial charge in [0.15, 0.2) is 0 Å². The van der Waals surface area contributed by atoms with Crippen LogP contribution in [0.25, 0.3) is 0 Å². The molecule has 1 aromatic carbocycles. The van der Waals surface area contributed by atoms with Gasteiger partial charge in [0.2, 0.25) is 5.91 Å². The van der Waals surface area contributed by atoms with Crippen LogP contribution in [0.2, 0.25) is 5.02 Å². The largest absolute Gasteiger partial charge is 0.508 e. The SMILES string of the molecule is O=C(Nc1cn[nH]c1)C1CCN(C(=O)c2cc(O)ccc2Cl)C1. The van der Waals surface area contributed by atoms with Crippen molar-refractivity contribution in [1.82, 2.24) is 15.1 Å². The molecule has 1 unspecified atom stereocenters. The van der Waals surface area contributed by atoms with Crippen LogP contribution in [-0.4, -0.2) is 45.1 Å². The zero-order valence-electron chi connectivity index (χ0n) is 12.1. The molecule has 3 N–H and O–H groups in total. The van der Waals surface area contributed by atoms with Crippen molar-refractivity contribution in [1.29, 1.82) is 0 Å². The molecule has 0 saturated carbocycles. The van der Waals surface area contributed by atoms with Gasteiger partial charge in [0.25, 0.3) is 5.91 Å². The van der Waals surface area contributed by atoms with Crippen LogP contribution in [0.15, 0.2) is 30.6 Å². The summed E-state index contributed by atoms with van der Waals surface area (Å²) in [5, 5.41) is 18.9. The number of H-pyrrole nitrogens is 1. The third-order valence-electron chi connectivity index (χ3n) is 3.79. The molecule has 1 aliphatic rings. The summed E-state index contributed by atoms with van der Waals surface area (Å²) in [6.07, 6.45) is 3.68. The van der Waals surface area contributed by atoms with Crippen LogP contribution in [0.3, 0.4) is 0 Å². The van der Waals surface area contributed by atoms with Crippen molar-refractivity contribution in [3.8, 4) is 5.75 Å². The molecule has 8 heteroatoms. The monoisotopic (exact) mass is 334 g/mol. The van der Waals surface area contributed by atoms with Gasteiger partial charge in [-0.2, -0.15) is 5.10 Å². The number of aromatic amines is 1. The molecule has 0 aliphatic carbocycles. The van der Waals surface area contributed by atoms with Crippen LogP contribution in [0.1, 0.15) is 16.8 Å². The van der Waals surface area contributed by atoms with Gasteiger partial charge in [-0.05, 0) is 24.6 Å². The van der Waals surface area contributed by atoms with Crippen molar-refractivity contribution in [3.05, 3.63) is 41.2 Å². The second-order valence-corrected chi connectivity index (χ2v) is 5.78. The first kappa shape index (κ1) is 15.4. The Balaban J connectivity index is 1.66. The smallest absolute Gasteiger partial charge is 0.255 e. The zero-order valence-corrected chi connectivity index (χ0v) is 12.9. The molecule has 1 atom stereocenters. The molecule has 1 aliphatic heterocycles. The van der Waals surface area contributed by atoms with E-state index in [4.69, 9.17) is 11.6 Å². The highest BCUT2D eigenvalue weighted by Crippen LogP contribution is 2.26. The molecular weight excluding hydrogens is 320 g/mol. The summed E-state index contributed by atoms with van der Waals surface area (Å²) in [6.45, 7) is 0.781. The number of hydrogen-bond acceptors (Lipinski definition) is 4. The van der Waals surface area contributed by atoms with Crippen molar-refractivity contribution in [2.75, 3.05) is 18.4 Å². The molecule has 3 rings (SSSR count). The molecule has 0 radical (unpaired) electrons. The van der Waals surface area contributed by atoms with Crippen molar-refractivity contribution in [2.24, 2.45) is 5.92 Å². The Morgan fingerprint density at radius 1 is 1.43 bits per heavy atom. The maximum atomic E-state index is 12.5. The van der Waals surface area contributed by atoms with Crippen molar-refractivity contribution >= 4 is 29.1 Å². The molecular formula is C15H15ClN4O3. The maximum Gasteiger partial charge on any atom is 0.255 e. The lowest BCUT2D eigenvalue weighted by atomic mass is 10.1. The highest BCUT2D eigenvalue weighted by molar-refractivity contribution is 6.33. The standard InChI is InChI=1S/C15H15ClN4O3/c16-13-2-1-11(21)5-12(13)15(23)20-4-3-9(8-20)14(22)19-10-6-17-18-7-10/h1-2,5-7,9,21H,3-4,8H2,(H,17,18)(H,19,22). The number of aromatic nitrogens is 2. The van der Waals surface area contributed by atoms with Crippen LogP contribution >= 0.6 is 11.6 Å². The minimum absolute atomic E-state index is 0.0220. The summed E-state index contributed by atoms with van der Waals surface area (Å²) >= 11 is 6.01. The van der Waals surface area contributed by atoms with Crippen LogP contribution in [0, 0.1) is 5.92 Å². The van der Waals surface area contributed by atoms with Gasteiger partial charge in [-0.3, -0.25) is 14.7 Å². The minimum atomic E-state index is -0.287. The number of phenolic OH excluding ortho intramolecular Hbond substituents is 1. The van der Waals surface area contributed by atoms with Gasteiger partial charge in [-0.25, -0.2) is 0 Å². The van der Waals surface area contributed by atoms with E-state index >= 15 is 0 Å². The van der Waals surface area contributed by atoms with E-state index in [1.807, 2.05) is 0 Å². The predicted octanol–water partition coefficient (Wildman–Crippen LogP) is 1.87. The third-order valence-corrected chi connectivity index (χ3v) is 4.12. The Morgan fingerprint density at radius 2 is 2.26 bits per heavy atom. The van der Waals surface area contributed by atoms with Crippen molar-refractivity contribution in [2.45, 2.75) is 6.42 Å². The number of carbonyl (C=O) groups excluding carboxylic acids is 2. The van der Waals surface area contributed by atoms with Crippen molar-refractivity contribution < 1.29 is 14.7 Å². The number of hydrogen-bond donors (Lipinski definition) is 3. The first-order valence-corrected chi connectivity index (χ1v) is 7.50. The topological polar surface area (TPSA) is 98.3 Å². The highest BCUT2D eigenvalue weighted by Gasteiger charge is 2.32. The average Bonchev–Trinajstić information content (AvgIpc) is 3.20. The van der Waals surface area contributed by atoms with E-state index < -0.39 is 0 Å². The van der Waals surface area contributed by atoms with Crippen LogP contribution < -0.4 is 5.32 Å². The molecule has 1 saturated heterocycles. The number of nitrogens with zero attached hydrogens (tertiary/aromatic N) is 2. The van der Waals surface area contributed by atoms with E-state index in [1.165, 1.54) is 24.4 Å². The fourth-order valence-electron chi connectivity index (χ4n) is 2.57. The zero-order chi connectivity index (χ0) is 16.4. The van der Waals surface area contributed by atoms with Crippen LogP contribution in [-0.2, 0) is 4.79 Å². The average molecular weight is 335 g/mol. The van der Waals surface area contributed by atoms with E-state index in [-0.39, 0.29) is 34.1 Å². The Kier molecular flexibility index (Phi) is 4.20. The van der Waals surface area contributed by atoms with E-state index in [1.54, 1.807) is 11.1 Å². The molecule has 23 heavy (non-hydrogen) atoms. The number of amides is 2. The molecule has 0 spiro atoms. The Bertz CT molecular complexity index is 732. The third kappa shape index (κ3) is 3.29. The number of aromatic hydroxyl groups is 1. The molecule has 2 heterocycles. The number of carbonyl (C=O) groups is 2. The highest BCUT2D eigenvalue weighted by atomic mass is 35.5. The van der Waals surface area contributed by atoms with Gasteiger partial charge < -0.3 is 15.3 Å². The summed E-state index contributed by atoms with van der Waals surface area (Å²) in [7, 11) is 0.